The van der Waals surface area contributed by atoms with Crippen LogP contribution in [-0.2, 0) is 11.2 Å². The highest BCUT2D eigenvalue weighted by atomic mass is 16.3. The van der Waals surface area contributed by atoms with E-state index in [2.05, 4.69) is 20.7 Å². The van der Waals surface area contributed by atoms with Gasteiger partial charge in [0.1, 0.15) is 5.75 Å². The molecule has 21 heavy (non-hydrogen) atoms. The lowest BCUT2D eigenvalue weighted by molar-refractivity contribution is -0.121. The number of carbonyl (C=O) groups is 1. The molecular weight excluding hydrogens is 268 g/mol. The molecule has 0 saturated carbocycles. The van der Waals surface area contributed by atoms with Crippen LogP contribution in [0.25, 0.3) is 0 Å². The van der Waals surface area contributed by atoms with Crippen molar-refractivity contribution in [2.45, 2.75) is 26.7 Å². The highest BCUT2D eigenvalue weighted by molar-refractivity contribution is 5.82. The monoisotopic (exact) mass is 286 g/mol. The minimum absolute atomic E-state index is 0.161. The number of amides is 1. The molecule has 0 unspecified atom stereocenters. The fraction of sp³-hybridized carbons (Fsp3) is 0.267. The number of carbonyl (C=O) groups excluding carboxylic acids is 1. The first kappa shape index (κ1) is 14.8. The zero-order valence-corrected chi connectivity index (χ0v) is 12.1. The maximum absolute atomic E-state index is 11.7. The molecule has 6 nitrogen and oxygen atoms in total. The number of aryl methyl sites for hydroxylation is 2. The summed E-state index contributed by atoms with van der Waals surface area (Å²) >= 11 is 0. The number of phenols is 1. The van der Waals surface area contributed by atoms with Crippen LogP contribution >= 0.6 is 0 Å². The number of aromatic hydroxyl groups is 1. The number of hydrogen-bond donors (Lipinski definition) is 3. The summed E-state index contributed by atoms with van der Waals surface area (Å²) in [4.78, 5) is 11.7. The first-order valence-electron chi connectivity index (χ1n) is 6.67. The van der Waals surface area contributed by atoms with Crippen molar-refractivity contribution in [3.8, 4) is 5.75 Å². The van der Waals surface area contributed by atoms with Crippen LogP contribution in [-0.4, -0.2) is 27.4 Å². The fourth-order valence-electron chi connectivity index (χ4n) is 2.02. The Kier molecular flexibility index (Phi) is 4.71. The maximum atomic E-state index is 11.7. The summed E-state index contributed by atoms with van der Waals surface area (Å²) in [5.41, 5.74) is 6.17. The second-order valence-corrected chi connectivity index (χ2v) is 4.80. The third kappa shape index (κ3) is 4.17. The molecule has 1 heterocycles. The second-order valence-electron chi connectivity index (χ2n) is 4.80. The van der Waals surface area contributed by atoms with Gasteiger partial charge < -0.3 is 5.11 Å². The molecule has 0 fully saturated rings. The van der Waals surface area contributed by atoms with E-state index < -0.39 is 0 Å². The Morgan fingerprint density at radius 3 is 2.95 bits per heavy atom. The van der Waals surface area contributed by atoms with E-state index in [9.17, 15) is 9.90 Å². The Morgan fingerprint density at radius 2 is 2.29 bits per heavy atom. The smallest absolute Gasteiger partial charge is 0.240 e. The van der Waals surface area contributed by atoms with E-state index in [0.717, 1.165) is 22.5 Å². The first-order valence-corrected chi connectivity index (χ1v) is 6.67. The fourth-order valence-corrected chi connectivity index (χ4v) is 2.02. The molecule has 0 aliphatic carbocycles. The highest BCUT2D eigenvalue weighted by Gasteiger charge is 2.08. The number of aromatic amines is 1. The standard InChI is InChI=1S/C15H18N4O2/c1-10-14(11(2)18-17-10)6-7-15(21)19-16-9-12-4-3-5-13(20)8-12/h3-5,8-9,20H,6-7H2,1-2H3,(H,17,18)(H,19,21)/b16-9-. The average Bonchev–Trinajstić information content (AvgIpc) is 2.76. The van der Waals surface area contributed by atoms with Crippen LogP contribution in [0.15, 0.2) is 29.4 Å². The van der Waals surface area contributed by atoms with Gasteiger partial charge in [0.25, 0.3) is 0 Å². The minimum Gasteiger partial charge on any atom is -0.508 e. The van der Waals surface area contributed by atoms with Crippen LogP contribution in [0.4, 0.5) is 0 Å². The van der Waals surface area contributed by atoms with Gasteiger partial charge in [-0.2, -0.15) is 10.2 Å². The quantitative estimate of drug-likeness (QED) is 0.578. The van der Waals surface area contributed by atoms with Crippen molar-refractivity contribution >= 4 is 12.1 Å². The van der Waals surface area contributed by atoms with E-state index in [1.165, 1.54) is 6.21 Å². The van der Waals surface area contributed by atoms with E-state index in [4.69, 9.17) is 0 Å². The number of H-pyrrole nitrogens is 1. The SMILES string of the molecule is Cc1n[nH]c(C)c1CCC(=O)N/N=C\c1cccc(O)c1. The van der Waals surface area contributed by atoms with Crippen molar-refractivity contribution in [1.29, 1.82) is 0 Å². The third-order valence-electron chi connectivity index (χ3n) is 3.16. The number of nitrogens with one attached hydrogen (secondary N) is 2. The third-order valence-corrected chi connectivity index (χ3v) is 3.16. The van der Waals surface area contributed by atoms with Crippen molar-refractivity contribution in [3.63, 3.8) is 0 Å². The molecule has 0 saturated heterocycles. The van der Waals surface area contributed by atoms with Crippen molar-refractivity contribution in [2.24, 2.45) is 5.10 Å². The van der Waals surface area contributed by atoms with Crippen molar-refractivity contribution in [2.75, 3.05) is 0 Å². The van der Waals surface area contributed by atoms with Gasteiger partial charge in [-0.1, -0.05) is 12.1 Å². The Morgan fingerprint density at radius 1 is 1.48 bits per heavy atom. The van der Waals surface area contributed by atoms with E-state index in [-0.39, 0.29) is 11.7 Å². The molecule has 0 bridgehead atoms. The molecule has 0 atom stereocenters. The minimum atomic E-state index is -0.161. The molecule has 3 N–H and O–H groups in total. The van der Waals surface area contributed by atoms with Crippen LogP contribution < -0.4 is 5.43 Å². The number of phenolic OH excluding ortho intramolecular Hbond substituents is 1. The molecule has 6 heteroatoms. The molecule has 110 valence electrons. The van der Waals surface area contributed by atoms with Crippen LogP contribution in [0.2, 0.25) is 0 Å². The summed E-state index contributed by atoms with van der Waals surface area (Å²) in [6.45, 7) is 3.85. The number of hydrogen-bond acceptors (Lipinski definition) is 4. The summed E-state index contributed by atoms with van der Waals surface area (Å²) in [5, 5.41) is 20.2. The number of benzene rings is 1. The van der Waals surface area contributed by atoms with Gasteiger partial charge in [0.15, 0.2) is 0 Å². The van der Waals surface area contributed by atoms with Gasteiger partial charge in [-0.3, -0.25) is 9.89 Å². The molecule has 2 rings (SSSR count). The highest BCUT2D eigenvalue weighted by Crippen LogP contribution is 2.11. The van der Waals surface area contributed by atoms with Gasteiger partial charge >= 0.3 is 0 Å². The number of nitrogens with zero attached hydrogens (tertiary/aromatic N) is 2. The molecular formula is C15H18N4O2. The molecule has 0 spiro atoms. The molecule has 0 aliphatic rings. The molecule has 1 aromatic heterocycles. The lowest BCUT2D eigenvalue weighted by Crippen LogP contribution is -2.18. The van der Waals surface area contributed by atoms with Gasteiger partial charge in [-0.05, 0) is 43.5 Å². The normalized spacial score (nSPS) is 11.0. The van der Waals surface area contributed by atoms with Crippen LogP contribution in [0.1, 0.15) is 28.9 Å². The van der Waals surface area contributed by atoms with Gasteiger partial charge in [-0.25, -0.2) is 5.43 Å². The summed E-state index contributed by atoms with van der Waals surface area (Å²) in [6, 6.07) is 6.63. The molecule has 0 aliphatic heterocycles. The van der Waals surface area contributed by atoms with E-state index in [0.29, 0.717) is 12.8 Å². The van der Waals surface area contributed by atoms with Gasteiger partial charge in [0.05, 0.1) is 11.9 Å². The van der Waals surface area contributed by atoms with Gasteiger partial charge in [0.2, 0.25) is 5.91 Å². The molecule has 1 amide bonds. The van der Waals surface area contributed by atoms with E-state index >= 15 is 0 Å². The summed E-state index contributed by atoms with van der Waals surface area (Å²) in [5.74, 6) is 0.00240. The molecule has 1 aromatic carbocycles. The second kappa shape index (κ2) is 6.69. The van der Waals surface area contributed by atoms with Crippen LogP contribution in [0.5, 0.6) is 5.75 Å². The summed E-state index contributed by atoms with van der Waals surface area (Å²) < 4.78 is 0. The lowest BCUT2D eigenvalue weighted by Gasteiger charge is -2.01. The van der Waals surface area contributed by atoms with Crippen LogP contribution in [0.3, 0.4) is 0 Å². The largest absolute Gasteiger partial charge is 0.508 e. The van der Waals surface area contributed by atoms with Crippen molar-refractivity contribution < 1.29 is 9.90 Å². The van der Waals surface area contributed by atoms with E-state index in [1.54, 1.807) is 24.3 Å². The summed E-state index contributed by atoms with van der Waals surface area (Å²) in [7, 11) is 0. The predicted molar refractivity (Wildman–Crippen MR) is 80.2 cm³/mol. The van der Waals surface area contributed by atoms with E-state index in [1.807, 2.05) is 13.8 Å². The van der Waals surface area contributed by atoms with Crippen LogP contribution in [0, 0.1) is 13.8 Å². The van der Waals surface area contributed by atoms with Gasteiger partial charge in [-0.15, -0.1) is 0 Å². The Bertz CT molecular complexity index is 642. The molecule has 0 radical (unpaired) electrons. The van der Waals surface area contributed by atoms with Gasteiger partial charge in [0, 0.05) is 12.1 Å². The Hall–Kier alpha value is -2.63. The van der Waals surface area contributed by atoms with Crippen molar-refractivity contribution in [1.82, 2.24) is 15.6 Å². The average molecular weight is 286 g/mol. The lowest BCUT2D eigenvalue weighted by atomic mass is 10.1. The molecule has 2 aromatic rings. The topological polar surface area (TPSA) is 90.4 Å². The zero-order valence-electron chi connectivity index (χ0n) is 12.1. The predicted octanol–water partition coefficient (Wildman–Crippen LogP) is 1.82. The zero-order chi connectivity index (χ0) is 15.2. The summed E-state index contributed by atoms with van der Waals surface area (Å²) in [6.07, 6.45) is 2.46. The Labute approximate surface area is 122 Å². The number of aromatic nitrogens is 2. The first-order chi connectivity index (χ1) is 10.1. The van der Waals surface area contributed by atoms with Crippen molar-refractivity contribution in [3.05, 3.63) is 46.8 Å². The maximum Gasteiger partial charge on any atom is 0.240 e. The Balaban J connectivity index is 1.83. The number of rotatable bonds is 5. The number of hydrazone groups is 1.